The van der Waals surface area contributed by atoms with Gasteiger partial charge < -0.3 is 5.11 Å². The monoisotopic (exact) mass is 918 g/mol. The predicted molar refractivity (Wildman–Crippen MR) is 229 cm³/mol. The molecular formula is C51H46N3OPt-. The van der Waals surface area contributed by atoms with Crippen LogP contribution in [0.3, 0.4) is 0 Å². The van der Waals surface area contributed by atoms with Gasteiger partial charge in [0.25, 0.3) is 0 Å². The van der Waals surface area contributed by atoms with Gasteiger partial charge in [-0.15, -0.1) is 29.3 Å². The molecule has 4 nitrogen and oxygen atoms in total. The topological polar surface area (TPSA) is 50.9 Å². The smallest absolute Gasteiger partial charge is 0.148 e. The van der Waals surface area contributed by atoms with E-state index in [0.717, 1.165) is 39.0 Å². The zero-order valence-electron chi connectivity index (χ0n) is 39.2. The Morgan fingerprint density at radius 2 is 1.34 bits per heavy atom. The predicted octanol–water partition coefficient (Wildman–Crippen LogP) is 13.2. The van der Waals surface area contributed by atoms with Crippen LogP contribution in [0.5, 0.6) is 5.75 Å². The molecule has 0 saturated heterocycles. The average Bonchev–Trinajstić information content (AvgIpc) is 3.61. The summed E-state index contributed by atoms with van der Waals surface area (Å²) in [5.41, 5.74) is 9.17. The van der Waals surface area contributed by atoms with E-state index in [4.69, 9.17) is 19.6 Å². The minimum absolute atomic E-state index is 0. The maximum absolute atomic E-state index is 11.4. The van der Waals surface area contributed by atoms with Crippen LogP contribution in [0.2, 0.25) is 0 Å². The van der Waals surface area contributed by atoms with Gasteiger partial charge in [-0.25, -0.2) is 4.98 Å². The Balaban J connectivity index is 0.00000595. The number of rotatable bonds is 6. The number of phenols is 1. The number of hydrogen-bond acceptors (Lipinski definition) is 3. The van der Waals surface area contributed by atoms with E-state index in [0.29, 0.717) is 33.7 Å². The molecule has 2 aromatic heterocycles. The fourth-order valence-corrected chi connectivity index (χ4v) is 6.93. The molecule has 56 heavy (non-hydrogen) atoms. The first-order chi connectivity index (χ1) is 29.2. The molecule has 0 aliphatic carbocycles. The maximum atomic E-state index is 11.4. The number of nitrogens with zero attached hydrogens (tertiary/aromatic N) is 3. The second-order valence-electron chi connectivity index (χ2n) is 15.9. The quantitative estimate of drug-likeness (QED) is 0.169. The zero-order chi connectivity index (χ0) is 44.5. The molecule has 0 saturated carbocycles. The van der Waals surface area contributed by atoms with Crippen molar-refractivity contribution in [1.29, 1.82) is 0 Å². The summed E-state index contributed by atoms with van der Waals surface area (Å²) in [4.78, 5) is 10.1. The second kappa shape index (κ2) is 15.2. The molecule has 1 N–H and O–H groups in total. The number of pyridine rings is 1. The van der Waals surface area contributed by atoms with Crippen LogP contribution in [-0.4, -0.2) is 19.6 Å². The van der Waals surface area contributed by atoms with Crippen molar-refractivity contribution in [3.05, 3.63) is 168 Å². The number of benzene rings is 6. The normalized spacial score (nSPS) is 13.8. The molecule has 5 heteroatoms. The van der Waals surface area contributed by atoms with Crippen molar-refractivity contribution < 1.29 is 35.8 Å². The van der Waals surface area contributed by atoms with Crippen LogP contribution in [0.25, 0.3) is 72.7 Å². The summed E-state index contributed by atoms with van der Waals surface area (Å²) in [5.74, 6) is 0.666. The molecule has 0 bridgehead atoms. The van der Waals surface area contributed by atoms with Crippen LogP contribution in [-0.2, 0) is 31.9 Å². The van der Waals surface area contributed by atoms with Crippen LogP contribution in [0.1, 0.15) is 67.8 Å². The van der Waals surface area contributed by atoms with Crippen molar-refractivity contribution in [2.24, 2.45) is 0 Å². The van der Waals surface area contributed by atoms with E-state index in [1.807, 2.05) is 54.6 Å². The number of imidazole rings is 1. The van der Waals surface area contributed by atoms with E-state index < -0.39 is 36.6 Å². The van der Waals surface area contributed by atoms with Gasteiger partial charge in [-0.2, -0.15) is 0 Å². The number of phenolic OH excluding ortho intramolecular Hbond substituents is 1. The molecule has 0 spiro atoms. The van der Waals surface area contributed by atoms with E-state index in [9.17, 15) is 5.11 Å². The van der Waals surface area contributed by atoms with Gasteiger partial charge in [0.2, 0.25) is 0 Å². The second-order valence-corrected chi connectivity index (χ2v) is 15.9. The molecule has 0 fully saturated rings. The Labute approximate surface area is 355 Å². The van der Waals surface area contributed by atoms with Gasteiger partial charge in [-0.3, -0.25) is 9.55 Å². The summed E-state index contributed by atoms with van der Waals surface area (Å²) in [6.07, 6.45) is 1.54. The molecule has 282 valence electrons. The number of hydrogen-bond donors (Lipinski definition) is 1. The minimum atomic E-state index is -2.82. The first-order valence-electron chi connectivity index (χ1n) is 21.9. The van der Waals surface area contributed by atoms with E-state index in [1.54, 1.807) is 30.5 Å². The van der Waals surface area contributed by atoms with Crippen molar-refractivity contribution in [3.63, 3.8) is 0 Å². The molecule has 8 aromatic rings. The molecule has 8 rings (SSSR count). The molecule has 2 heterocycles. The Kier molecular flexibility index (Phi) is 8.29. The summed E-state index contributed by atoms with van der Waals surface area (Å²) in [6.45, 7) is 10.1. The van der Waals surface area contributed by atoms with Gasteiger partial charge in [0.1, 0.15) is 11.6 Å². The fourth-order valence-electron chi connectivity index (χ4n) is 6.93. The van der Waals surface area contributed by atoms with Gasteiger partial charge in [0.05, 0.1) is 27.8 Å². The van der Waals surface area contributed by atoms with Crippen LogP contribution < -0.4 is 0 Å². The minimum Gasteiger partial charge on any atom is -0.507 e. The Morgan fingerprint density at radius 3 is 2.05 bits per heavy atom. The van der Waals surface area contributed by atoms with E-state index in [-0.39, 0.29) is 43.2 Å². The standard InChI is InChI=1S/C51H46N3O.Pt/c1-33-20-22-34(23-21-33)36-26-27-52-44(31-36)38-28-37(29-40(30-38)51(5,6)7)41-17-13-18-46-48(41)53-49(42-16-11-12-19-47(42)55)54(46)45-25-24-39(50(2,3)4)32-43(45)35-14-9-8-10-15-35;/h8-27,29-32,55H,1-7H3;/q-1;/i1D3,20D,21D,22D,23D;. The zero-order valence-corrected chi connectivity index (χ0v) is 34.4. The summed E-state index contributed by atoms with van der Waals surface area (Å²) in [6, 6.07) is 39.0. The van der Waals surface area contributed by atoms with Crippen LogP contribution in [0.15, 0.2) is 146 Å². The van der Waals surface area contributed by atoms with Crippen molar-refractivity contribution in [3.8, 4) is 67.5 Å². The van der Waals surface area contributed by atoms with Gasteiger partial charge in [-0.1, -0.05) is 149 Å². The molecule has 0 radical (unpaired) electrons. The van der Waals surface area contributed by atoms with Gasteiger partial charge >= 0.3 is 0 Å². The Hall–Kier alpha value is -5.57. The van der Waals surface area contributed by atoms with E-state index >= 15 is 0 Å². The first-order valence-corrected chi connectivity index (χ1v) is 18.4. The summed E-state index contributed by atoms with van der Waals surface area (Å²) in [7, 11) is 0. The van der Waals surface area contributed by atoms with E-state index in [1.165, 1.54) is 5.56 Å². The van der Waals surface area contributed by atoms with Crippen molar-refractivity contribution in [1.82, 2.24) is 14.5 Å². The van der Waals surface area contributed by atoms with Crippen molar-refractivity contribution in [2.45, 2.75) is 59.2 Å². The van der Waals surface area contributed by atoms with Crippen LogP contribution in [0, 0.1) is 12.9 Å². The molecule has 0 atom stereocenters. The Bertz CT molecular complexity index is 3010. The third-order valence-corrected chi connectivity index (χ3v) is 9.99. The van der Waals surface area contributed by atoms with Gasteiger partial charge in [0.15, 0.2) is 0 Å². The molecule has 0 aliphatic rings. The van der Waals surface area contributed by atoms with Crippen molar-refractivity contribution in [2.75, 3.05) is 0 Å². The van der Waals surface area contributed by atoms with Crippen LogP contribution in [0.4, 0.5) is 0 Å². The molecular weight excluding hydrogens is 866 g/mol. The number of aromatic nitrogens is 3. The third-order valence-electron chi connectivity index (χ3n) is 9.99. The maximum Gasteiger partial charge on any atom is 0.148 e. The van der Waals surface area contributed by atoms with Crippen molar-refractivity contribution >= 4 is 11.0 Å². The number of para-hydroxylation sites is 2. The van der Waals surface area contributed by atoms with Gasteiger partial charge in [-0.05, 0) is 76.3 Å². The molecule has 6 aromatic carbocycles. The molecule has 0 amide bonds. The first kappa shape index (κ1) is 30.6. The van der Waals surface area contributed by atoms with E-state index in [2.05, 4.69) is 88.6 Å². The largest absolute Gasteiger partial charge is 0.507 e. The summed E-state index contributed by atoms with van der Waals surface area (Å²) >= 11 is 0. The number of aromatic hydroxyl groups is 1. The summed E-state index contributed by atoms with van der Waals surface area (Å²) in [5, 5.41) is 11.4. The Morgan fingerprint density at radius 1 is 0.643 bits per heavy atom. The van der Waals surface area contributed by atoms with Crippen LogP contribution >= 0.6 is 0 Å². The molecule has 0 unspecified atom stereocenters. The van der Waals surface area contributed by atoms with Gasteiger partial charge in [0, 0.05) is 42.6 Å². The fraction of sp³-hybridized carbons (Fsp3) is 0.176. The average molecular weight is 919 g/mol. The third kappa shape index (κ3) is 7.51. The molecule has 0 aliphatic heterocycles. The summed E-state index contributed by atoms with van der Waals surface area (Å²) < 4.78 is 60.3. The number of fused-ring (bicyclic) bond motifs is 1. The SMILES string of the molecule is [2H]c1c([2H])c(C([2H])([2H])[2H])c([2H])c([2H])c1-c1ccnc(-c2[c-]c(-c3cccc4c3nc(-c3ccccc3O)n4-c3ccc(C(C)(C)C)cc3-c3ccccc3)cc(C(C)(C)C)c2)c1.[Pt].